The zero-order valence-electron chi connectivity index (χ0n) is 11.3. The molecule has 4 heteroatoms. The van der Waals surface area contributed by atoms with Crippen LogP contribution in [0.1, 0.15) is 18.4 Å². The van der Waals surface area contributed by atoms with E-state index < -0.39 is 0 Å². The molecule has 2 aliphatic rings. The van der Waals surface area contributed by atoms with Gasteiger partial charge in [-0.15, -0.1) is 0 Å². The lowest BCUT2D eigenvalue weighted by Crippen LogP contribution is -2.36. The summed E-state index contributed by atoms with van der Waals surface area (Å²) in [6, 6.07) is 8.38. The zero-order chi connectivity index (χ0) is 13.1. The standard InChI is InChI=1S/C15H21N3O/c16-15(18-6-1-2-7-18)13-4-3-5-14(12-13)17-8-10-19-11-9-17/h3-5,12,16H,1-2,6-11H2. The number of anilines is 1. The predicted octanol–water partition coefficient (Wildman–Crippen LogP) is 1.94. The smallest absolute Gasteiger partial charge is 0.128 e. The molecule has 0 amide bonds. The summed E-state index contributed by atoms with van der Waals surface area (Å²) in [5, 5.41) is 8.32. The number of nitrogens with one attached hydrogen (secondary N) is 1. The quantitative estimate of drug-likeness (QED) is 0.652. The van der Waals surface area contributed by atoms with Gasteiger partial charge in [-0.05, 0) is 25.0 Å². The van der Waals surface area contributed by atoms with E-state index in [9.17, 15) is 0 Å². The van der Waals surface area contributed by atoms with Crippen LogP contribution in [0.3, 0.4) is 0 Å². The van der Waals surface area contributed by atoms with Crippen molar-refractivity contribution in [3.63, 3.8) is 0 Å². The monoisotopic (exact) mass is 259 g/mol. The van der Waals surface area contributed by atoms with Crippen LogP contribution >= 0.6 is 0 Å². The van der Waals surface area contributed by atoms with Gasteiger partial charge in [0.25, 0.3) is 0 Å². The third-order valence-electron chi connectivity index (χ3n) is 3.92. The maximum atomic E-state index is 8.32. The average Bonchev–Trinajstić information content (AvgIpc) is 3.02. The molecular weight excluding hydrogens is 238 g/mol. The second kappa shape index (κ2) is 5.61. The number of hydrogen-bond acceptors (Lipinski definition) is 3. The summed E-state index contributed by atoms with van der Waals surface area (Å²) in [6.07, 6.45) is 2.43. The van der Waals surface area contributed by atoms with Crippen LogP contribution in [0.4, 0.5) is 5.69 Å². The van der Waals surface area contributed by atoms with Gasteiger partial charge in [-0.3, -0.25) is 5.41 Å². The topological polar surface area (TPSA) is 39.6 Å². The third kappa shape index (κ3) is 2.73. The first-order valence-electron chi connectivity index (χ1n) is 7.11. The Morgan fingerprint density at radius 3 is 2.53 bits per heavy atom. The summed E-state index contributed by atoms with van der Waals surface area (Å²) < 4.78 is 5.39. The van der Waals surface area contributed by atoms with Crippen LogP contribution in [0.25, 0.3) is 0 Å². The van der Waals surface area contributed by atoms with E-state index in [2.05, 4.69) is 28.0 Å². The van der Waals surface area contributed by atoms with Crippen molar-refractivity contribution in [3.8, 4) is 0 Å². The fourth-order valence-electron chi connectivity index (χ4n) is 2.79. The van der Waals surface area contributed by atoms with E-state index >= 15 is 0 Å². The number of hydrogen-bond donors (Lipinski definition) is 1. The van der Waals surface area contributed by atoms with Crippen molar-refractivity contribution in [2.45, 2.75) is 12.8 Å². The second-order valence-corrected chi connectivity index (χ2v) is 5.19. The van der Waals surface area contributed by atoms with Gasteiger partial charge in [0.05, 0.1) is 13.2 Å². The first kappa shape index (κ1) is 12.5. The van der Waals surface area contributed by atoms with Crippen LogP contribution in [0, 0.1) is 5.41 Å². The van der Waals surface area contributed by atoms with Gasteiger partial charge in [0.15, 0.2) is 0 Å². The van der Waals surface area contributed by atoms with Crippen LogP contribution in [-0.2, 0) is 4.74 Å². The van der Waals surface area contributed by atoms with Crippen LogP contribution in [0.15, 0.2) is 24.3 Å². The molecule has 0 aromatic heterocycles. The Balaban J connectivity index is 1.76. The number of amidine groups is 1. The number of ether oxygens (including phenoxy) is 1. The van der Waals surface area contributed by atoms with Crippen molar-refractivity contribution in [1.29, 1.82) is 5.41 Å². The lowest BCUT2D eigenvalue weighted by atomic mass is 10.1. The minimum atomic E-state index is 0.674. The third-order valence-corrected chi connectivity index (χ3v) is 3.92. The summed E-state index contributed by atoms with van der Waals surface area (Å²) in [5.74, 6) is 0.674. The highest BCUT2D eigenvalue weighted by molar-refractivity contribution is 5.97. The van der Waals surface area contributed by atoms with Gasteiger partial charge in [-0.25, -0.2) is 0 Å². The number of benzene rings is 1. The van der Waals surface area contributed by atoms with Crippen LogP contribution in [-0.4, -0.2) is 50.1 Å². The van der Waals surface area contributed by atoms with E-state index in [0.717, 1.165) is 45.0 Å². The van der Waals surface area contributed by atoms with Gasteiger partial charge in [0, 0.05) is 37.4 Å². The highest BCUT2D eigenvalue weighted by Gasteiger charge is 2.17. The lowest BCUT2D eigenvalue weighted by Gasteiger charge is -2.29. The van der Waals surface area contributed by atoms with E-state index in [1.165, 1.54) is 18.5 Å². The molecule has 4 nitrogen and oxygen atoms in total. The highest BCUT2D eigenvalue weighted by atomic mass is 16.5. The maximum Gasteiger partial charge on any atom is 0.128 e. The molecule has 2 aliphatic heterocycles. The Morgan fingerprint density at radius 1 is 1.05 bits per heavy atom. The van der Waals surface area contributed by atoms with Gasteiger partial charge in [0.1, 0.15) is 5.84 Å². The summed E-state index contributed by atoms with van der Waals surface area (Å²) >= 11 is 0. The Kier molecular flexibility index (Phi) is 3.69. The van der Waals surface area contributed by atoms with E-state index in [4.69, 9.17) is 10.1 Å². The largest absolute Gasteiger partial charge is 0.378 e. The Bertz CT molecular complexity index is 448. The van der Waals surface area contributed by atoms with Crippen molar-refractivity contribution in [3.05, 3.63) is 29.8 Å². The normalized spacial score (nSPS) is 19.8. The van der Waals surface area contributed by atoms with Crippen molar-refractivity contribution >= 4 is 11.5 Å². The highest BCUT2D eigenvalue weighted by Crippen LogP contribution is 2.20. The minimum Gasteiger partial charge on any atom is -0.378 e. The molecule has 0 saturated carbocycles. The molecule has 2 fully saturated rings. The van der Waals surface area contributed by atoms with Gasteiger partial charge >= 0.3 is 0 Å². The summed E-state index contributed by atoms with van der Waals surface area (Å²) in [6.45, 7) is 5.55. The molecule has 3 rings (SSSR count). The molecule has 19 heavy (non-hydrogen) atoms. The maximum absolute atomic E-state index is 8.32. The van der Waals surface area contributed by atoms with Crippen LogP contribution in [0.5, 0.6) is 0 Å². The number of nitrogens with zero attached hydrogens (tertiary/aromatic N) is 2. The zero-order valence-corrected chi connectivity index (χ0v) is 11.3. The van der Waals surface area contributed by atoms with Crippen LogP contribution < -0.4 is 4.90 Å². The van der Waals surface area contributed by atoms with E-state index in [0.29, 0.717) is 5.84 Å². The second-order valence-electron chi connectivity index (χ2n) is 5.19. The molecular formula is C15H21N3O. The summed E-state index contributed by atoms with van der Waals surface area (Å²) in [7, 11) is 0. The van der Waals surface area contributed by atoms with Gasteiger partial charge in [-0.2, -0.15) is 0 Å². The number of morpholine rings is 1. The molecule has 0 radical (unpaired) electrons. The summed E-state index contributed by atoms with van der Waals surface area (Å²) in [4.78, 5) is 4.52. The van der Waals surface area contributed by atoms with E-state index in [1.807, 2.05) is 6.07 Å². The molecule has 0 bridgehead atoms. The molecule has 0 spiro atoms. The number of rotatable bonds is 2. The van der Waals surface area contributed by atoms with E-state index in [1.54, 1.807) is 0 Å². The SMILES string of the molecule is N=C(c1cccc(N2CCOCC2)c1)N1CCCC1. The number of likely N-dealkylation sites (tertiary alicyclic amines) is 1. The van der Waals surface area contributed by atoms with Gasteiger partial charge < -0.3 is 14.5 Å². The first-order chi connectivity index (χ1) is 9.34. The molecule has 2 saturated heterocycles. The minimum absolute atomic E-state index is 0.674. The fourth-order valence-corrected chi connectivity index (χ4v) is 2.79. The van der Waals surface area contributed by atoms with Crippen LogP contribution in [0.2, 0.25) is 0 Å². The Morgan fingerprint density at radius 2 is 1.79 bits per heavy atom. The molecule has 2 heterocycles. The van der Waals surface area contributed by atoms with E-state index in [-0.39, 0.29) is 0 Å². The van der Waals surface area contributed by atoms with Crippen molar-refractivity contribution in [2.75, 3.05) is 44.3 Å². The molecule has 1 N–H and O–H groups in total. The molecule has 1 aromatic rings. The fraction of sp³-hybridized carbons (Fsp3) is 0.533. The lowest BCUT2D eigenvalue weighted by molar-refractivity contribution is 0.122. The predicted molar refractivity (Wildman–Crippen MR) is 77.1 cm³/mol. The van der Waals surface area contributed by atoms with Crippen molar-refractivity contribution in [1.82, 2.24) is 4.90 Å². The molecule has 102 valence electrons. The summed E-state index contributed by atoms with van der Waals surface area (Å²) in [5.41, 5.74) is 2.25. The van der Waals surface area contributed by atoms with Crippen molar-refractivity contribution in [2.24, 2.45) is 0 Å². The Labute approximate surface area is 114 Å². The van der Waals surface area contributed by atoms with Crippen molar-refractivity contribution < 1.29 is 4.74 Å². The van der Waals surface area contributed by atoms with Gasteiger partial charge in [0.2, 0.25) is 0 Å². The molecule has 0 aliphatic carbocycles. The molecule has 1 aromatic carbocycles. The first-order valence-corrected chi connectivity index (χ1v) is 7.11. The molecule has 0 unspecified atom stereocenters. The Hall–Kier alpha value is -1.55. The average molecular weight is 259 g/mol. The van der Waals surface area contributed by atoms with Gasteiger partial charge in [-0.1, -0.05) is 12.1 Å². The molecule has 0 atom stereocenters.